The quantitative estimate of drug-likeness (QED) is 0.600. The molecule has 1 aromatic carbocycles. The fourth-order valence-electron chi connectivity index (χ4n) is 2.13. The summed E-state index contributed by atoms with van der Waals surface area (Å²) in [6.45, 7) is 4.94. The Hall–Kier alpha value is -1.83. The first kappa shape index (κ1) is 19.2. The summed E-state index contributed by atoms with van der Waals surface area (Å²) in [5.41, 5.74) is 0.557. The van der Waals surface area contributed by atoms with E-state index in [1.165, 1.54) is 14.2 Å². The molecule has 7 nitrogen and oxygen atoms in total. The number of carboxylic acid groups (broad SMARTS) is 1. The molecule has 0 radical (unpaired) electrons. The molecule has 1 unspecified atom stereocenters. The average molecular weight is 327 g/mol. The number of hydrogen-bond donors (Lipinski definition) is 2. The highest BCUT2D eigenvalue weighted by Gasteiger charge is 2.22. The number of rotatable bonds is 11. The van der Waals surface area contributed by atoms with Crippen LogP contribution in [0.4, 0.5) is 0 Å². The third-order valence-electron chi connectivity index (χ3n) is 3.18. The van der Waals surface area contributed by atoms with Gasteiger partial charge in [0.15, 0.2) is 17.8 Å². The van der Waals surface area contributed by atoms with Gasteiger partial charge in [-0.25, -0.2) is 0 Å². The number of aliphatic carboxylic acids is 1. The predicted molar refractivity (Wildman–Crippen MR) is 85.0 cm³/mol. The van der Waals surface area contributed by atoms with E-state index in [2.05, 4.69) is 5.32 Å². The molecule has 0 fully saturated rings. The van der Waals surface area contributed by atoms with Crippen LogP contribution in [0.25, 0.3) is 0 Å². The Morgan fingerprint density at radius 1 is 1.13 bits per heavy atom. The van der Waals surface area contributed by atoms with Gasteiger partial charge in [0.1, 0.15) is 6.04 Å². The van der Waals surface area contributed by atoms with Gasteiger partial charge in [-0.2, -0.15) is 0 Å². The molecule has 0 heterocycles. The molecule has 0 saturated heterocycles. The molecule has 7 heteroatoms. The molecular weight excluding hydrogens is 302 g/mol. The van der Waals surface area contributed by atoms with Crippen molar-refractivity contribution in [3.05, 3.63) is 23.8 Å². The van der Waals surface area contributed by atoms with Gasteiger partial charge in [0.2, 0.25) is 0 Å². The summed E-state index contributed by atoms with van der Waals surface area (Å²) in [5.74, 6) is 0.0232. The van der Waals surface area contributed by atoms with E-state index in [1.807, 2.05) is 13.8 Å². The first-order chi connectivity index (χ1) is 11.1. The van der Waals surface area contributed by atoms with E-state index < -0.39 is 18.3 Å². The Labute approximate surface area is 136 Å². The number of ether oxygens (including phenoxy) is 4. The van der Waals surface area contributed by atoms with Gasteiger partial charge >= 0.3 is 5.97 Å². The highest BCUT2D eigenvalue weighted by molar-refractivity contribution is 5.76. The van der Waals surface area contributed by atoms with E-state index in [4.69, 9.17) is 18.9 Å². The zero-order valence-corrected chi connectivity index (χ0v) is 14.0. The number of carboxylic acids is 1. The van der Waals surface area contributed by atoms with Crippen LogP contribution in [0.1, 0.15) is 25.5 Å². The fourth-order valence-corrected chi connectivity index (χ4v) is 2.13. The lowest BCUT2D eigenvalue weighted by atomic mass is 10.1. The van der Waals surface area contributed by atoms with Gasteiger partial charge in [-0.05, 0) is 31.5 Å². The molecule has 23 heavy (non-hydrogen) atoms. The van der Waals surface area contributed by atoms with Crippen LogP contribution in [0.5, 0.6) is 11.5 Å². The van der Waals surface area contributed by atoms with Crippen molar-refractivity contribution >= 4 is 5.97 Å². The maximum atomic E-state index is 11.6. The summed E-state index contributed by atoms with van der Waals surface area (Å²) in [6, 6.07) is 4.09. The van der Waals surface area contributed by atoms with Gasteiger partial charge in [-0.1, -0.05) is 6.07 Å². The van der Waals surface area contributed by atoms with Crippen LogP contribution in [-0.2, 0) is 14.3 Å². The molecule has 0 aliphatic carbocycles. The molecule has 1 atom stereocenters. The summed E-state index contributed by atoms with van der Waals surface area (Å²) < 4.78 is 21.2. The second kappa shape index (κ2) is 10.0. The molecule has 0 amide bonds. The number of hydrogen-bond acceptors (Lipinski definition) is 6. The Kier molecular flexibility index (Phi) is 8.39. The van der Waals surface area contributed by atoms with Crippen molar-refractivity contribution < 1.29 is 28.8 Å². The minimum absolute atomic E-state index is 0.257. The zero-order valence-electron chi connectivity index (χ0n) is 14.0. The normalized spacial score (nSPS) is 12.2. The minimum Gasteiger partial charge on any atom is -0.493 e. The molecule has 0 bridgehead atoms. The van der Waals surface area contributed by atoms with Gasteiger partial charge in [-0.15, -0.1) is 0 Å². The maximum absolute atomic E-state index is 11.6. The average Bonchev–Trinajstić information content (AvgIpc) is 2.54. The summed E-state index contributed by atoms with van der Waals surface area (Å²) in [6.07, 6.45) is -0.494. The van der Waals surface area contributed by atoms with Crippen LogP contribution in [0, 0.1) is 0 Å². The van der Waals surface area contributed by atoms with Crippen LogP contribution in [0.3, 0.4) is 0 Å². The lowest BCUT2D eigenvalue weighted by Crippen LogP contribution is -2.37. The highest BCUT2D eigenvalue weighted by Crippen LogP contribution is 2.30. The fraction of sp³-hybridized carbons (Fsp3) is 0.562. The summed E-state index contributed by atoms with van der Waals surface area (Å²) >= 11 is 0. The number of benzene rings is 1. The van der Waals surface area contributed by atoms with Crippen molar-refractivity contribution in [2.45, 2.75) is 26.2 Å². The molecule has 1 aromatic rings. The monoisotopic (exact) mass is 327 g/mol. The predicted octanol–water partition coefficient (Wildman–Crippen LogP) is 1.82. The van der Waals surface area contributed by atoms with E-state index in [0.29, 0.717) is 30.3 Å². The van der Waals surface area contributed by atoms with Crippen LogP contribution in [-0.4, -0.2) is 51.3 Å². The molecule has 0 aromatic heterocycles. The van der Waals surface area contributed by atoms with Crippen LogP contribution < -0.4 is 14.8 Å². The van der Waals surface area contributed by atoms with Crippen molar-refractivity contribution in [3.63, 3.8) is 0 Å². The zero-order chi connectivity index (χ0) is 17.2. The van der Waals surface area contributed by atoms with Gasteiger partial charge < -0.3 is 24.1 Å². The summed E-state index contributed by atoms with van der Waals surface area (Å²) in [7, 11) is 3.03. The molecule has 0 saturated carbocycles. The number of methoxy groups -OCH3 is 2. The first-order valence-corrected chi connectivity index (χ1v) is 7.48. The molecule has 0 aliphatic heterocycles. The Bertz CT molecular complexity index is 487. The van der Waals surface area contributed by atoms with Gasteiger partial charge in [0.05, 0.1) is 14.2 Å². The number of nitrogens with one attached hydrogen (secondary N) is 1. The highest BCUT2D eigenvalue weighted by atomic mass is 16.7. The SMILES string of the molecule is CCOC(CNC(C(=O)O)c1ccc(OC)c(OC)c1)OCC. The van der Waals surface area contributed by atoms with Crippen molar-refractivity contribution in [2.75, 3.05) is 34.0 Å². The molecule has 1 rings (SSSR count). The van der Waals surface area contributed by atoms with Gasteiger partial charge in [0, 0.05) is 19.8 Å². The van der Waals surface area contributed by atoms with Crippen LogP contribution >= 0.6 is 0 Å². The lowest BCUT2D eigenvalue weighted by molar-refractivity contribution is -0.144. The number of carbonyl (C=O) groups is 1. The Morgan fingerprint density at radius 3 is 2.22 bits per heavy atom. The largest absolute Gasteiger partial charge is 0.493 e. The third kappa shape index (κ3) is 5.70. The van der Waals surface area contributed by atoms with E-state index in [1.54, 1.807) is 18.2 Å². The second-order valence-corrected chi connectivity index (χ2v) is 4.63. The standard InChI is InChI=1S/C16H25NO6/c1-5-22-14(23-6-2)10-17-15(16(18)19)11-7-8-12(20-3)13(9-11)21-4/h7-9,14-15,17H,5-6,10H2,1-4H3,(H,18,19). The van der Waals surface area contributed by atoms with Crippen LogP contribution in [0.2, 0.25) is 0 Å². The first-order valence-electron chi connectivity index (χ1n) is 7.48. The van der Waals surface area contributed by atoms with E-state index in [0.717, 1.165) is 0 Å². The van der Waals surface area contributed by atoms with Crippen LogP contribution in [0.15, 0.2) is 18.2 Å². The van der Waals surface area contributed by atoms with Crippen molar-refractivity contribution in [1.82, 2.24) is 5.32 Å². The van der Waals surface area contributed by atoms with Crippen molar-refractivity contribution in [3.8, 4) is 11.5 Å². The lowest BCUT2D eigenvalue weighted by Gasteiger charge is -2.21. The van der Waals surface area contributed by atoms with Gasteiger partial charge in [-0.3, -0.25) is 10.1 Å². The van der Waals surface area contributed by atoms with E-state index in [9.17, 15) is 9.90 Å². The smallest absolute Gasteiger partial charge is 0.325 e. The Morgan fingerprint density at radius 2 is 1.74 bits per heavy atom. The minimum atomic E-state index is -0.996. The molecule has 2 N–H and O–H groups in total. The van der Waals surface area contributed by atoms with Crippen molar-refractivity contribution in [2.24, 2.45) is 0 Å². The summed E-state index contributed by atoms with van der Waals surface area (Å²) in [4.78, 5) is 11.6. The molecule has 0 aliphatic rings. The van der Waals surface area contributed by atoms with Gasteiger partial charge in [0.25, 0.3) is 0 Å². The topological polar surface area (TPSA) is 86.3 Å². The van der Waals surface area contributed by atoms with E-state index >= 15 is 0 Å². The Balaban J connectivity index is 2.87. The molecule has 130 valence electrons. The maximum Gasteiger partial charge on any atom is 0.325 e. The van der Waals surface area contributed by atoms with Crippen molar-refractivity contribution in [1.29, 1.82) is 0 Å². The summed E-state index contributed by atoms with van der Waals surface area (Å²) in [5, 5.41) is 12.4. The van der Waals surface area contributed by atoms with E-state index in [-0.39, 0.29) is 6.54 Å². The molecule has 0 spiro atoms. The molecular formula is C16H25NO6. The third-order valence-corrected chi connectivity index (χ3v) is 3.18. The second-order valence-electron chi connectivity index (χ2n) is 4.63.